The number of rotatable bonds is 8. The smallest absolute Gasteiger partial charge is 0.254 e. The maximum atomic E-state index is 13.8. The number of amides is 1. The molecule has 29 heavy (non-hydrogen) atoms. The number of nitrogens with one attached hydrogen (secondary N) is 2. The number of anilines is 3. The van der Waals surface area contributed by atoms with Gasteiger partial charge in [0.2, 0.25) is 5.95 Å². The summed E-state index contributed by atoms with van der Waals surface area (Å²) >= 11 is 0. The average Bonchev–Trinajstić information content (AvgIpc) is 3.12. The molecule has 1 amide bonds. The van der Waals surface area contributed by atoms with Crippen LogP contribution in [0.25, 0.3) is 0 Å². The third kappa shape index (κ3) is 4.60. The van der Waals surface area contributed by atoms with E-state index in [9.17, 15) is 18.0 Å². The second-order valence-corrected chi connectivity index (χ2v) is 5.84. The minimum absolute atomic E-state index is 0.0428. The summed E-state index contributed by atoms with van der Waals surface area (Å²) in [5.74, 6) is -4.43. The SMILES string of the molecule is NC(=O)c1cnc(Nc2cnn(CCO)c2)nc1NCc1c(F)ccc(F)c1F. The molecule has 0 spiro atoms. The van der Waals surface area contributed by atoms with Gasteiger partial charge in [0, 0.05) is 24.5 Å². The predicted molar refractivity (Wildman–Crippen MR) is 96.8 cm³/mol. The van der Waals surface area contributed by atoms with Crippen LogP contribution in [0.3, 0.4) is 0 Å². The number of aliphatic hydroxyl groups excluding tert-OH is 1. The predicted octanol–water partition coefficient (Wildman–Crippen LogP) is 1.54. The molecule has 3 rings (SSSR count). The summed E-state index contributed by atoms with van der Waals surface area (Å²) < 4.78 is 42.5. The van der Waals surface area contributed by atoms with Crippen LogP contribution in [0.4, 0.5) is 30.6 Å². The lowest BCUT2D eigenvalue weighted by atomic mass is 10.2. The Balaban J connectivity index is 1.83. The maximum Gasteiger partial charge on any atom is 0.254 e. The molecule has 1 aromatic carbocycles. The highest BCUT2D eigenvalue weighted by molar-refractivity contribution is 5.97. The number of halogens is 3. The standard InChI is InChI=1S/C17H16F3N7O2/c18-12-1-2-13(19)14(20)10(12)6-22-16-11(15(21)29)7-23-17(26-16)25-9-5-24-27(8-9)3-4-28/h1-2,5,7-8,28H,3-4,6H2,(H2,21,29)(H2,22,23,25,26). The van der Waals surface area contributed by atoms with Crippen molar-refractivity contribution in [3.63, 3.8) is 0 Å². The Kier molecular flexibility index (Phi) is 5.93. The van der Waals surface area contributed by atoms with Gasteiger partial charge in [-0.3, -0.25) is 9.48 Å². The molecule has 3 aromatic rings. The zero-order chi connectivity index (χ0) is 21.0. The Labute approximate surface area is 162 Å². The van der Waals surface area contributed by atoms with Crippen molar-refractivity contribution in [1.82, 2.24) is 19.7 Å². The number of nitrogens with two attached hydrogens (primary N) is 1. The fourth-order valence-electron chi connectivity index (χ4n) is 2.44. The van der Waals surface area contributed by atoms with Crippen molar-refractivity contribution in [2.75, 3.05) is 17.2 Å². The number of carbonyl (C=O) groups excluding carboxylic acids is 1. The monoisotopic (exact) mass is 407 g/mol. The van der Waals surface area contributed by atoms with E-state index in [4.69, 9.17) is 10.8 Å². The van der Waals surface area contributed by atoms with Crippen LogP contribution in [0.2, 0.25) is 0 Å². The molecule has 0 unspecified atom stereocenters. The summed E-state index contributed by atoms with van der Waals surface area (Å²) in [7, 11) is 0. The average molecular weight is 407 g/mol. The quantitative estimate of drug-likeness (QED) is 0.417. The summed E-state index contributed by atoms with van der Waals surface area (Å²) in [6, 6.07) is 1.47. The van der Waals surface area contributed by atoms with E-state index in [1.165, 1.54) is 10.9 Å². The highest BCUT2D eigenvalue weighted by Gasteiger charge is 2.17. The van der Waals surface area contributed by atoms with Crippen molar-refractivity contribution >= 4 is 23.4 Å². The molecule has 0 fully saturated rings. The van der Waals surface area contributed by atoms with E-state index in [1.807, 2.05) is 0 Å². The first kappa shape index (κ1) is 20.1. The van der Waals surface area contributed by atoms with E-state index in [1.54, 1.807) is 6.20 Å². The van der Waals surface area contributed by atoms with E-state index in [0.29, 0.717) is 18.3 Å². The van der Waals surface area contributed by atoms with E-state index >= 15 is 0 Å². The second kappa shape index (κ2) is 8.56. The molecular formula is C17H16F3N7O2. The minimum Gasteiger partial charge on any atom is -0.394 e. The topological polar surface area (TPSA) is 131 Å². The third-order valence-corrected chi connectivity index (χ3v) is 3.84. The van der Waals surface area contributed by atoms with Gasteiger partial charge in [0.15, 0.2) is 11.6 Å². The van der Waals surface area contributed by atoms with Gasteiger partial charge in [0.25, 0.3) is 5.91 Å². The summed E-state index contributed by atoms with van der Waals surface area (Å²) in [5.41, 5.74) is 5.10. The van der Waals surface area contributed by atoms with Crippen LogP contribution in [0.15, 0.2) is 30.7 Å². The molecule has 0 aliphatic rings. The van der Waals surface area contributed by atoms with Gasteiger partial charge in [0.05, 0.1) is 30.6 Å². The Morgan fingerprint density at radius 1 is 1.21 bits per heavy atom. The molecule has 9 nitrogen and oxygen atoms in total. The molecule has 0 radical (unpaired) electrons. The number of aliphatic hydroxyl groups is 1. The fourth-order valence-corrected chi connectivity index (χ4v) is 2.44. The van der Waals surface area contributed by atoms with Crippen molar-refractivity contribution in [1.29, 1.82) is 0 Å². The van der Waals surface area contributed by atoms with E-state index in [-0.39, 0.29) is 23.9 Å². The van der Waals surface area contributed by atoms with Gasteiger partial charge in [-0.1, -0.05) is 0 Å². The van der Waals surface area contributed by atoms with Crippen molar-refractivity contribution in [3.8, 4) is 0 Å². The summed E-state index contributed by atoms with van der Waals surface area (Å²) in [4.78, 5) is 19.6. The van der Waals surface area contributed by atoms with Gasteiger partial charge in [-0.05, 0) is 12.1 Å². The lowest BCUT2D eigenvalue weighted by Crippen LogP contribution is -2.17. The fraction of sp³-hybridized carbons (Fsp3) is 0.176. The Morgan fingerprint density at radius 2 is 1.97 bits per heavy atom. The number of hydrogen-bond acceptors (Lipinski definition) is 7. The van der Waals surface area contributed by atoms with Crippen LogP contribution in [0.5, 0.6) is 0 Å². The van der Waals surface area contributed by atoms with E-state index in [0.717, 1.165) is 12.3 Å². The van der Waals surface area contributed by atoms with Gasteiger partial charge in [0.1, 0.15) is 11.6 Å². The molecule has 5 N–H and O–H groups in total. The molecule has 2 heterocycles. The van der Waals surface area contributed by atoms with Gasteiger partial charge in [-0.15, -0.1) is 0 Å². The van der Waals surface area contributed by atoms with Crippen molar-refractivity contribution in [3.05, 3.63) is 59.3 Å². The summed E-state index contributed by atoms with van der Waals surface area (Å²) in [6.07, 6.45) is 4.19. The highest BCUT2D eigenvalue weighted by atomic mass is 19.2. The van der Waals surface area contributed by atoms with Crippen LogP contribution in [0, 0.1) is 17.5 Å². The molecule has 152 valence electrons. The van der Waals surface area contributed by atoms with Crippen LogP contribution in [0.1, 0.15) is 15.9 Å². The first-order chi connectivity index (χ1) is 13.9. The minimum atomic E-state index is -1.35. The van der Waals surface area contributed by atoms with Crippen LogP contribution < -0.4 is 16.4 Å². The van der Waals surface area contributed by atoms with Gasteiger partial charge >= 0.3 is 0 Å². The number of nitrogens with zero attached hydrogens (tertiary/aromatic N) is 4. The molecule has 0 saturated heterocycles. The summed E-state index contributed by atoms with van der Waals surface area (Å²) in [5, 5.41) is 18.3. The van der Waals surface area contributed by atoms with Crippen LogP contribution >= 0.6 is 0 Å². The number of carbonyl (C=O) groups is 1. The van der Waals surface area contributed by atoms with Gasteiger partial charge in [-0.2, -0.15) is 10.1 Å². The zero-order valence-corrected chi connectivity index (χ0v) is 14.9. The lowest BCUT2D eigenvalue weighted by molar-refractivity contribution is 0.100. The van der Waals surface area contributed by atoms with Gasteiger partial charge in [-0.25, -0.2) is 18.2 Å². The number of benzene rings is 1. The third-order valence-electron chi connectivity index (χ3n) is 3.84. The molecule has 0 aliphatic heterocycles. The zero-order valence-electron chi connectivity index (χ0n) is 14.9. The molecule has 0 saturated carbocycles. The largest absolute Gasteiger partial charge is 0.394 e. The Morgan fingerprint density at radius 3 is 2.69 bits per heavy atom. The first-order valence-corrected chi connectivity index (χ1v) is 8.32. The summed E-state index contributed by atoms with van der Waals surface area (Å²) in [6.45, 7) is -0.284. The first-order valence-electron chi connectivity index (χ1n) is 8.32. The molecular weight excluding hydrogens is 391 g/mol. The molecule has 0 aliphatic carbocycles. The molecule has 12 heteroatoms. The Bertz CT molecular complexity index is 1040. The van der Waals surface area contributed by atoms with Crippen LogP contribution in [-0.4, -0.2) is 37.4 Å². The Hall–Kier alpha value is -3.67. The van der Waals surface area contributed by atoms with E-state index in [2.05, 4.69) is 25.7 Å². The number of hydrogen-bond donors (Lipinski definition) is 4. The lowest BCUT2D eigenvalue weighted by Gasteiger charge is -2.12. The highest BCUT2D eigenvalue weighted by Crippen LogP contribution is 2.20. The second-order valence-electron chi connectivity index (χ2n) is 5.84. The normalized spacial score (nSPS) is 10.8. The van der Waals surface area contributed by atoms with Crippen molar-refractivity contribution < 1.29 is 23.1 Å². The van der Waals surface area contributed by atoms with Crippen molar-refractivity contribution in [2.45, 2.75) is 13.1 Å². The van der Waals surface area contributed by atoms with Crippen LogP contribution in [-0.2, 0) is 13.1 Å². The number of primary amides is 1. The maximum absolute atomic E-state index is 13.8. The molecule has 0 bridgehead atoms. The molecule has 0 atom stereocenters. The number of aromatic nitrogens is 4. The van der Waals surface area contributed by atoms with Crippen molar-refractivity contribution in [2.24, 2.45) is 5.73 Å². The molecule has 2 aromatic heterocycles. The van der Waals surface area contributed by atoms with Gasteiger partial charge < -0.3 is 21.5 Å². The van der Waals surface area contributed by atoms with E-state index < -0.39 is 35.5 Å².